The number of nitrogens with zero attached hydrogens (tertiary/aromatic N) is 1. The predicted octanol–water partition coefficient (Wildman–Crippen LogP) is 5.78. The highest BCUT2D eigenvalue weighted by Crippen LogP contribution is 2.39. The molecule has 1 aliphatic heterocycles. The van der Waals surface area contributed by atoms with Crippen molar-refractivity contribution in [3.8, 4) is 0 Å². The van der Waals surface area contributed by atoms with Gasteiger partial charge in [0.25, 0.3) is 0 Å². The van der Waals surface area contributed by atoms with Gasteiger partial charge in [0.2, 0.25) is 0 Å². The van der Waals surface area contributed by atoms with Gasteiger partial charge in [0.15, 0.2) is 8.32 Å². The number of hydrogen-bond donors (Lipinski definition) is 1. The molecule has 1 heterocycles. The van der Waals surface area contributed by atoms with Crippen LogP contribution < -0.4 is 10.2 Å². The van der Waals surface area contributed by atoms with Crippen LogP contribution in [0.3, 0.4) is 0 Å². The van der Waals surface area contributed by atoms with Gasteiger partial charge in [0, 0.05) is 18.8 Å². The number of carbonyl (C=O) groups excluding carboxylic acids is 1. The van der Waals surface area contributed by atoms with Crippen LogP contribution in [-0.2, 0) is 15.8 Å². The van der Waals surface area contributed by atoms with Crippen molar-refractivity contribution in [3.63, 3.8) is 0 Å². The third-order valence-corrected chi connectivity index (χ3v) is 10.4. The Kier molecular flexibility index (Phi) is 6.52. The van der Waals surface area contributed by atoms with Gasteiger partial charge < -0.3 is 14.1 Å². The van der Waals surface area contributed by atoms with E-state index in [4.69, 9.17) is 9.16 Å². The third-order valence-electron chi connectivity index (χ3n) is 5.86. The second kappa shape index (κ2) is 8.77. The van der Waals surface area contributed by atoms with Crippen LogP contribution in [-0.4, -0.2) is 33.6 Å². The summed E-state index contributed by atoms with van der Waals surface area (Å²) in [6.07, 6.45) is -0.478. The highest BCUT2D eigenvalue weighted by Gasteiger charge is 2.42. The average molecular weight is 431 g/mol. The number of hydrogen-bond acceptors (Lipinski definition) is 4. The van der Waals surface area contributed by atoms with Gasteiger partial charge in [-0.2, -0.15) is 0 Å². The first-order valence-corrected chi connectivity index (χ1v) is 13.2. The SMILES string of the molecule is CC(C)(C)[Si](C)(C)OC1CN(c2ccc(NC(=O)OCc3ccccc3)cc2F)C1. The average Bonchev–Trinajstić information content (AvgIpc) is 2.63. The molecule has 1 aliphatic rings. The van der Waals surface area contributed by atoms with E-state index in [0.29, 0.717) is 24.5 Å². The summed E-state index contributed by atoms with van der Waals surface area (Å²) in [5, 5.41) is 2.73. The molecule has 0 saturated carbocycles. The second-order valence-electron chi connectivity index (χ2n) is 9.26. The molecule has 30 heavy (non-hydrogen) atoms. The Labute approximate surface area is 179 Å². The lowest BCUT2D eigenvalue weighted by Crippen LogP contribution is -2.58. The first kappa shape index (κ1) is 22.3. The van der Waals surface area contributed by atoms with Crippen LogP contribution in [0.25, 0.3) is 0 Å². The Bertz CT molecular complexity index is 878. The number of amides is 1. The molecule has 1 N–H and O–H groups in total. The van der Waals surface area contributed by atoms with Crippen LogP contribution in [0, 0.1) is 5.82 Å². The standard InChI is InChI=1S/C23H31FN2O3Si/c1-23(2,3)30(4,5)29-19-14-26(15-19)21-12-11-18(13-20(21)24)25-22(27)28-16-17-9-7-6-8-10-17/h6-13,19H,14-16H2,1-5H3,(H,25,27). The van der Waals surface area contributed by atoms with Crippen molar-refractivity contribution >= 4 is 25.8 Å². The van der Waals surface area contributed by atoms with Crippen LogP contribution >= 0.6 is 0 Å². The van der Waals surface area contributed by atoms with E-state index >= 15 is 0 Å². The Morgan fingerprint density at radius 1 is 1.17 bits per heavy atom. The minimum absolute atomic E-state index is 0.135. The Morgan fingerprint density at radius 2 is 1.83 bits per heavy atom. The molecular formula is C23H31FN2O3Si. The van der Waals surface area contributed by atoms with Gasteiger partial charge in [-0.3, -0.25) is 5.32 Å². The molecule has 1 amide bonds. The van der Waals surface area contributed by atoms with Gasteiger partial charge in [-0.25, -0.2) is 9.18 Å². The van der Waals surface area contributed by atoms with Crippen LogP contribution in [0.5, 0.6) is 0 Å². The van der Waals surface area contributed by atoms with Crippen LogP contribution in [0.2, 0.25) is 18.1 Å². The number of anilines is 2. The largest absolute Gasteiger partial charge is 0.444 e. The van der Waals surface area contributed by atoms with E-state index in [-0.39, 0.29) is 23.6 Å². The Balaban J connectivity index is 1.51. The zero-order valence-corrected chi connectivity index (χ0v) is 19.4. The van der Waals surface area contributed by atoms with Gasteiger partial charge in [-0.15, -0.1) is 0 Å². The van der Waals surface area contributed by atoms with E-state index in [9.17, 15) is 9.18 Å². The summed E-state index contributed by atoms with van der Waals surface area (Å²) < 4.78 is 26.2. The maximum atomic E-state index is 14.6. The van der Waals surface area contributed by atoms with Crippen molar-refractivity contribution in [2.45, 2.75) is 51.6 Å². The van der Waals surface area contributed by atoms with E-state index in [1.165, 1.54) is 6.07 Å². The van der Waals surface area contributed by atoms with E-state index in [1.54, 1.807) is 12.1 Å². The first-order valence-electron chi connectivity index (χ1n) is 10.3. The lowest BCUT2D eigenvalue weighted by molar-refractivity contribution is 0.148. The maximum absolute atomic E-state index is 14.6. The number of ether oxygens (including phenoxy) is 1. The molecule has 2 aromatic carbocycles. The van der Waals surface area contributed by atoms with Crippen LogP contribution in [0.4, 0.5) is 20.6 Å². The molecule has 5 nitrogen and oxygen atoms in total. The number of carbonyl (C=O) groups is 1. The van der Waals surface area contributed by atoms with Crippen molar-refractivity contribution in [2.24, 2.45) is 0 Å². The lowest BCUT2D eigenvalue weighted by Gasteiger charge is -2.47. The molecule has 0 bridgehead atoms. The number of benzene rings is 2. The Morgan fingerprint density at radius 3 is 2.43 bits per heavy atom. The molecule has 7 heteroatoms. The summed E-state index contributed by atoms with van der Waals surface area (Å²) in [5.74, 6) is -0.373. The highest BCUT2D eigenvalue weighted by molar-refractivity contribution is 6.74. The molecule has 162 valence electrons. The molecular weight excluding hydrogens is 399 g/mol. The Hall–Kier alpha value is -2.38. The first-order chi connectivity index (χ1) is 14.0. The van der Waals surface area contributed by atoms with Gasteiger partial charge in [0.1, 0.15) is 12.4 Å². The summed E-state index contributed by atoms with van der Waals surface area (Å²) in [6.45, 7) is 12.6. The summed E-state index contributed by atoms with van der Waals surface area (Å²) >= 11 is 0. The fourth-order valence-electron chi connectivity index (χ4n) is 3.02. The molecule has 2 aromatic rings. The fraction of sp³-hybridized carbons (Fsp3) is 0.435. The summed E-state index contributed by atoms with van der Waals surface area (Å²) in [4.78, 5) is 13.9. The summed E-state index contributed by atoms with van der Waals surface area (Å²) in [7, 11) is -1.82. The third kappa shape index (κ3) is 5.40. The van der Waals surface area contributed by atoms with Gasteiger partial charge in [-0.1, -0.05) is 51.1 Å². The van der Waals surface area contributed by atoms with Crippen molar-refractivity contribution in [3.05, 3.63) is 59.9 Å². The molecule has 1 fully saturated rings. The van der Waals surface area contributed by atoms with Crippen molar-refractivity contribution in [1.82, 2.24) is 0 Å². The quantitative estimate of drug-likeness (QED) is 0.590. The zero-order chi connectivity index (χ0) is 21.9. The molecule has 0 atom stereocenters. The maximum Gasteiger partial charge on any atom is 0.411 e. The monoisotopic (exact) mass is 430 g/mol. The molecule has 3 rings (SSSR count). The second-order valence-corrected chi connectivity index (χ2v) is 14.0. The highest BCUT2D eigenvalue weighted by atomic mass is 28.4. The minimum atomic E-state index is -1.82. The van der Waals surface area contributed by atoms with Gasteiger partial charge in [-0.05, 0) is 41.9 Å². The van der Waals surface area contributed by atoms with Gasteiger partial charge >= 0.3 is 6.09 Å². The van der Waals surface area contributed by atoms with Crippen LogP contribution in [0.1, 0.15) is 26.3 Å². The molecule has 0 spiro atoms. The molecule has 1 saturated heterocycles. The minimum Gasteiger partial charge on any atom is -0.444 e. The van der Waals surface area contributed by atoms with Gasteiger partial charge in [0.05, 0.1) is 11.8 Å². The number of halogens is 1. The number of rotatable bonds is 6. The molecule has 0 unspecified atom stereocenters. The smallest absolute Gasteiger partial charge is 0.411 e. The van der Waals surface area contributed by atoms with Crippen LogP contribution in [0.15, 0.2) is 48.5 Å². The van der Waals surface area contributed by atoms with E-state index < -0.39 is 14.4 Å². The predicted molar refractivity (Wildman–Crippen MR) is 121 cm³/mol. The van der Waals surface area contributed by atoms with E-state index in [0.717, 1.165) is 5.56 Å². The van der Waals surface area contributed by atoms with Crippen molar-refractivity contribution in [2.75, 3.05) is 23.3 Å². The van der Waals surface area contributed by atoms with E-state index in [1.807, 2.05) is 35.2 Å². The fourth-order valence-corrected chi connectivity index (χ4v) is 4.36. The molecule has 0 aromatic heterocycles. The number of nitrogens with one attached hydrogen (secondary N) is 1. The summed E-state index contributed by atoms with van der Waals surface area (Å²) in [5.41, 5.74) is 1.78. The zero-order valence-electron chi connectivity index (χ0n) is 18.4. The van der Waals surface area contributed by atoms with Crippen molar-refractivity contribution in [1.29, 1.82) is 0 Å². The van der Waals surface area contributed by atoms with Crippen molar-refractivity contribution < 1.29 is 18.3 Å². The molecule has 0 radical (unpaired) electrons. The lowest BCUT2D eigenvalue weighted by atomic mass is 10.1. The van der Waals surface area contributed by atoms with E-state index in [2.05, 4.69) is 39.2 Å². The summed E-state index contributed by atoms with van der Waals surface area (Å²) in [6, 6.07) is 14.1. The molecule has 0 aliphatic carbocycles. The topological polar surface area (TPSA) is 50.8 Å². The normalized spacial score (nSPS) is 14.9.